The number of hydrogen-bond acceptors (Lipinski definition) is 5. The second kappa shape index (κ2) is 5.16. The van der Waals surface area contributed by atoms with E-state index in [0.717, 1.165) is 28.4 Å². The minimum atomic E-state index is -0.301. The molecule has 3 rings (SSSR count). The van der Waals surface area contributed by atoms with E-state index >= 15 is 0 Å². The van der Waals surface area contributed by atoms with Gasteiger partial charge in [-0.3, -0.25) is 9.59 Å². The van der Waals surface area contributed by atoms with Gasteiger partial charge >= 0.3 is 5.97 Å². The van der Waals surface area contributed by atoms with Crippen molar-refractivity contribution in [2.45, 2.75) is 45.8 Å². The second-order valence-electron chi connectivity index (χ2n) is 5.54. The zero-order chi connectivity index (χ0) is 14.3. The zero-order valence-corrected chi connectivity index (χ0v) is 12.5. The van der Waals surface area contributed by atoms with Gasteiger partial charge in [-0.25, -0.2) is 4.98 Å². The van der Waals surface area contributed by atoms with E-state index in [0.29, 0.717) is 19.0 Å². The number of amides is 1. The molecule has 6 heteroatoms. The maximum Gasteiger partial charge on any atom is 0.311 e. The summed E-state index contributed by atoms with van der Waals surface area (Å²) in [7, 11) is 0. The highest BCUT2D eigenvalue weighted by atomic mass is 32.1. The summed E-state index contributed by atoms with van der Waals surface area (Å²) in [5, 5.41) is 0.816. The Hall–Kier alpha value is -1.43. The summed E-state index contributed by atoms with van der Waals surface area (Å²) >= 11 is 1.55. The van der Waals surface area contributed by atoms with Gasteiger partial charge < -0.3 is 9.64 Å². The van der Waals surface area contributed by atoms with Gasteiger partial charge in [-0.15, -0.1) is 11.3 Å². The van der Waals surface area contributed by atoms with Gasteiger partial charge in [0.05, 0.1) is 11.6 Å². The summed E-state index contributed by atoms with van der Waals surface area (Å²) in [5.74, 6) is -0.479. The maximum absolute atomic E-state index is 12.0. The van der Waals surface area contributed by atoms with Crippen molar-refractivity contribution in [2.75, 3.05) is 6.54 Å². The summed E-state index contributed by atoms with van der Waals surface area (Å²) in [6.07, 6.45) is 2.45. The van der Waals surface area contributed by atoms with E-state index in [9.17, 15) is 9.59 Å². The molecule has 1 aromatic rings. The Labute approximate surface area is 121 Å². The largest absolute Gasteiger partial charge is 0.458 e. The summed E-state index contributed by atoms with van der Waals surface area (Å²) in [6.45, 7) is 4.69. The third kappa shape index (κ3) is 2.70. The summed E-state index contributed by atoms with van der Waals surface area (Å²) < 4.78 is 5.31. The number of thiazole rings is 1. The van der Waals surface area contributed by atoms with Crippen LogP contribution in [0.1, 0.15) is 34.8 Å². The average Bonchev–Trinajstić information content (AvgIpc) is 3.10. The predicted molar refractivity (Wildman–Crippen MR) is 74.2 cm³/mol. The van der Waals surface area contributed by atoms with Crippen LogP contribution in [0.4, 0.5) is 0 Å². The molecule has 20 heavy (non-hydrogen) atoms. The molecule has 1 saturated carbocycles. The van der Waals surface area contributed by atoms with Crippen molar-refractivity contribution in [3.05, 3.63) is 15.6 Å². The molecule has 0 bridgehead atoms. The number of aromatic nitrogens is 1. The van der Waals surface area contributed by atoms with Crippen LogP contribution in [-0.2, 0) is 20.9 Å². The number of rotatable bonds is 4. The maximum atomic E-state index is 12.0. The number of likely N-dealkylation sites (tertiary alicyclic amines) is 1. The number of carbonyl (C=O) groups excluding carboxylic acids is 2. The number of aryl methyl sites for hydroxylation is 2. The minimum absolute atomic E-state index is 0.0930. The summed E-state index contributed by atoms with van der Waals surface area (Å²) in [6, 6.07) is 0.379. The number of nitrogens with zero attached hydrogens (tertiary/aromatic N) is 2. The normalized spacial score (nSPS) is 22.4. The van der Waals surface area contributed by atoms with Gasteiger partial charge in [-0.05, 0) is 26.7 Å². The van der Waals surface area contributed by atoms with Gasteiger partial charge in [-0.1, -0.05) is 0 Å². The third-order valence-electron chi connectivity index (χ3n) is 3.89. The van der Waals surface area contributed by atoms with Crippen LogP contribution in [0.3, 0.4) is 0 Å². The van der Waals surface area contributed by atoms with Gasteiger partial charge in [-0.2, -0.15) is 0 Å². The van der Waals surface area contributed by atoms with E-state index in [2.05, 4.69) is 4.98 Å². The van der Waals surface area contributed by atoms with Crippen molar-refractivity contribution in [1.29, 1.82) is 0 Å². The standard InChI is InChI=1S/C14H18N2O3S/c1-8-9(2)20-12(15-8)7-19-14(18)10-5-13(17)16(6-10)11-3-4-11/h10-11H,3-7H2,1-2H3. The quantitative estimate of drug-likeness (QED) is 0.795. The van der Waals surface area contributed by atoms with Crippen LogP contribution in [0, 0.1) is 19.8 Å². The lowest BCUT2D eigenvalue weighted by Gasteiger charge is -2.14. The molecular weight excluding hydrogens is 276 g/mol. The van der Waals surface area contributed by atoms with Crippen molar-refractivity contribution < 1.29 is 14.3 Å². The fourth-order valence-corrected chi connectivity index (χ4v) is 3.33. The summed E-state index contributed by atoms with van der Waals surface area (Å²) in [5.41, 5.74) is 0.983. The van der Waals surface area contributed by atoms with Crippen molar-refractivity contribution in [3.63, 3.8) is 0 Å². The molecular formula is C14H18N2O3S. The molecule has 2 heterocycles. The molecule has 2 fully saturated rings. The van der Waals surface area contributed by atoms with Crippen LogP contribution in [-0.4, -0.2) is 34.3 Å². The van der Waals surface area contributed by atoms with Crippen LogP contribution in [0.25, 0.3) is 0 Å². The first-order valence-electron chi connectivity index (χ1n) is 6.93. The monoisotopic (exact) mass is 294 g/mol. The first-order valence-corrected chi connectivity index (χ1v) is 7.75. The molecule has 1 amide bonds. The molecule has 1 aromatic heterocycles. The first kappa shape index (κ1) is 13.5. The minimum Gasteiger partial charge on any atom is -0.458 e. The van der Waals surface area contributed by atoms with Crippen molar-refractivity contribution >= 4 is 23.2 Å². The van der Waals surface area contributed by atoms with Gasteiger partial charge in [0.25, 0.3) is 0 Å². The van der Waals surface area contributed by atoms with Gasteiger partial charge in [0.1, 0.15) is 11.6 Å². The van der Waals surface area contributed by atoms with E-state index in [1.165, 1.54) is 0 Å². The Morgan fingerprint density at radius 2 is 2.20 bits per heavy atom. The van der Waals surface area contributed by atoms with E-state index in [1.54, 1.807) is 11.3 Å². The van der Waals surface area contributed by atoms with Gasteiger partial charge in [0.15, 0.2) is 0 Å². The Morgan fingerprint density at radius 1 is 1.45 bits per heavy atom. The molecule has 1 saturated heterocycles. The lowest BCUT2D eigenvalue weighted by Crippen LogP contribution is -2.28. The number of hydrogen-bond donors (Lipinski definition) is 0. The first-order chi connectivity index (χ1) is 9.54. The predicted octanol–water partition coefficient (Wildman–Crippen LogP) is 1.81. The molecule has 0 aromatic carbocycles. The lowest BCUT2D eigenvalue weighted by molar-refractivity contribution is -0.149. The van der Waals surface area contributed by atoms with Crippen LogP contribution in [0.5, 0.6) is 0 Å². The van der Waals surface area contributed by atoms with Crippen LogP contribution in [0.15, 0.2) is 0 Å². The van der Waals surface area contributed by atoms with Gasteiger partial charge in [0.2, 0.25) is 5.91 Å². The zero-order valence-electron chi connectivity index (χ0n) is 11.7. The van der Waals surface area contributed by atoms with Crippen LogP contribution in [0.2, 0.25) is 0 Å². The Bertz CT molecular complexity index is 531. The number of carbonyl (C=O) groups is 2. The molecule has 1 unspecified atom stereocenters. The van der Waals surface area contributed by atoms with Crippen molar-refractivity contribution in [1.82, 2.24) is 9.88 Å². The van der Waals surface area contributed by atoms with Gasteiger partial charge in [0, 0.05) is 23.9 Å². The number of esters is 1. The van der Waals surface area contributed by atoms with E-state index < -0.39 is 0 Å². The highest BCUT2D eigenvalue weighted by Gasteiger charge is 2.42. The molecule has 0 radical (unpaired) electrons. The van der Waals surface area contributed by atoms with E-state index in [1.807, 2.05) is 18.7 Å². The Balaban J connectivity index is 1.53. The Morgan fingerprint density at radius 3 is 2.80 bits per heavy atom. The highest BCUT2D eigenvalue weighted by Crippen LogP contribution is 2.33. The fourth-order valence-electron chi connectivity index (χ4n) is 2.48. The molecule has 1 aliphatic heterocycles. The fraction of sp³-hybridized carbons (Fsp3) is 0.643. The lowest BCUT2D eigenvalue weighted by atomic mass is 10.1. The molecule has 1 aliphatic carbocycles. The molecule has 2 aliphatic rings. The Kier molecular flexibility index (Phi) is 3.50. The van der Waals surface area contributed by atoms with Crippen LogP contribution < -0.4 is 0 Å². The van der Waals surface area contributed by atoms with E-state index in [4.69, 9.17) is 4.74 Å². The molecule has 5 nitrogen and oxygen atoms in total. The third-order valence-corrected chi connectivity index (χ3v) is 4.94. The highest BCUT2D eigenvalue weighted by molar-refractivity contribution is 7.11. The van der Waals surface area contributed by atoms with E-state index in [-0.39, 0.29) is 24.4 Å². The number of ether oxygens (including phenoxy) is 1. The van der Waals surface area contributed by atoms with Crippen LogP contribution >= 0.6 is 11.3 Å². The van der Waals surface area contributed by atoms with Crippen molar-refractivity contribution in [3.8, 4) is 0 Å². The smallest absolute Gasteiger partial charge is 0.311 e. The topological polar surface area (TPSA) is 59.5 Å². The molecule has 0 spiro atoms. The van der Waals surface area contributed by atoms with Crippen molar-refractivity contribution in [2.24, 2.45) is 5.92 Å². The summed E-state index contributed by atoms with van der Waals surface area (Å²) in [4.78, 5) is 31.1. The SMILES string of the molecule is Cc1nc(COC(=O)C2CC(=O)N(C3CC3)C2)sc1C. The molecule has 108 valence electrons. The molecule has 1 atom stereocenters. The average molecular weight is 294 g/mol. The second-order valence-corrected chi connectivity index (χ2v) is 6.82. The molecule has 0 N–H and O–H groups in total.